The molecule has 0 aliphatic heterocycles. The third kappa shape index (κ3) is 3.99. The summed E-state index contributed by atoms with van der Waals surface area (Å²) in [5.74, 6) is 0.396. The van der Waals surface area contributed by atoms with E-state index >= 15 is 0 Å². The monoisotopic (exact) mass is 446 g/mol. The maximum Gasteiger partial charge on any atom is 0.180 e. The van der Waals surface area contributed by atoms with Crippen LogP contribution in [-0.2, 0) is 4.79 Å². The largest absolute Gasteiger partial charge is 0.506 e. The van der Waals surface area contributed by atoms with Gasteiger partial charge in [-0.25, -0.2) is 0 Å². The quantitative estimate of drug-likeness (QED) is 0.287. The van der Waals surface area contributed by atoms with E-state index in [-0.39, 0.29) is 17.1 Å². The van der Waals surface area contributed by atoms with E-state index in [4.69, 9.17) is 4.42 Å². The number of Topliss-reactive ketones (excluding diaryl/α,β-unsaturated/α-hetero) is 1. The third-order valence-corrected chi connectivity index (χ3v) is 5.79. The summed E-state index contributed by atoms with van der Waals surface area (Å²) in [4.78, 5) is 14.1. The Hall–Kier alpha value is -4.51. The number of hydrogen-bond donors (Lipinski definition) is 1. The highest BCUT2D eigenvalue weighted by Crippen LogP contribution is 2.37. The summed E-state index contributed by atoms with van der Waals surface area (Å²) in [5.41, 5.74) is 3.40. The molecule has 0 bridgehead atoms. The van der Waals surface area contributed by atoms with Gasteiger partial charge in [-0.15, -0.1) is 5.10 Å². The van der Waals surface area contributed by atoms with E-state index in [2.05, 4.69) is 10.2 Å². The lowest BCUT2D eigenvalue weighted by atomic mass is 9.83. The van der Waals surface area contributed by atoms with Crippen molar-refractivity contribution < 1.29 is 14.3 Å². The molecule has 166 valence electrons. The van der Waals surface area contributed by atoms with Crippen LogP contribution < -0.4 is 0 Å². The van der Waals surface area contributed by atoms with E-state index in [1.165, 1.54) is 6.21 Å². The Balaban J connectivity index is 1.62. The lowest BCUT2D eigenvalue weighted by Gasteiger charge is -2.18. The van der Waals surface area contributed by atoms with Crippen LogP contribution >= 0.6 is 0 Å². The fourth-order valence-corrected chi connectivity index (χ4v) is 4.21. The van der Waals surface area contributed by atoms with Crippen molar-refractivity contribution in [2.45, 2.75) is 12.8 Å². The molecule has 1 aromatic heterocycles. The summed E-state index contributed by atoms with van der Waals surface area (Å²) in [7, 11) is 0. The fourth-order valence-electron chi connectivity index (χ4n) is 4.21. The number of aliphatic hydroxyl groups excluding tert-OH is 1. The van der Waals surface area contributed by atoms with Gasteiger partial charge in [0.25, 0.3) is 0 Å². The number of fused-ring (bicyclic) bond motifs is 1. The smallest absolute Gasteiger partial charge is 0.180 e. The number of nitrogens with zero attached hydrogens (tertiary/aromatic N) is 2. The molecule has 0 saturated carbocycles. The van der Waals surface area contributed by atoms with Crippen molar-refractivity contribution in [3.63, 3.8) is 0 Å². The fraction of sp³-hybridized carbons (Fsp3) is 0.0690. The molecule has 1 aliphatic carbocycles. The molecule has 1 aliphatic rings. The van der Waals surface area contributed by atoms with E-state index < -0.39 is 5.92 Å². The average Bonchev–Trinajstić information content (AvgIpc) is 3.41. The molecule has 4 aromatic rings. The molecular weight excluding hydrogens is 424 g/mol. The summed E-state index contributed by atoms with van der Waals surface area (Å²) < 4.78 is 5.52. The van der Waals surface area contributed by atoms with Gasteiger partial charge in [-0.05, 0) is 30.2 Å². The van der Waals surface area contributed by atoms with Crippen molar-refractivity contribution in [2.75, 3.05) is 0 Å². The van der Waals surface area contributed by atoms with Crippen LogP contribution in [0.15, 0.2) is 117 Å². The molecule has 0 saturated heterocycles. The van der Waals surface area contributed by atoms with Crippen LogP contribution in [0.3, 0.4) is 0 Å². The minimum Gasteiger partial charge on any atom is -0.506 e. The normalized spacial score (nSPS) is 14.4. The summed E-state index contributed by atoms with van der Waals surface area (Å²) in [5, 5.41) is 19.7. The van der Waals surface area contributed by atoms with E-state index in [1.807, 2.05) is 91.9 Å². The van der Waals surface area contributed by atoms with Gasteiger partial charge in [-0.2, -0.15) is 5.10 Å². The summed E-state index contributed by atoms with van der Waals surface area (Å²) in [6, 6.07) is 30.0. The molecule has 0 fully saturated rings. The zero-order valence-corrected chi connectivity index (χ0v) is 18.6. The van der Waals surface area contributed by atoms with Crippen molar-refractivity contribution >= 4 is 23.5 Å². The first-order chi connectivity index (χ1) is 16.6. The van der Waals surface area contributed by atoms with E-state index in [9.17, 15) is 9.90 Å². The van der Waals surface area contributed by atoms with Gasteiger partial charge in [-0.1, -0.05) is 84.9 Å². The second kappa shape index (κ2) is 9.16. The molecule has 5 heteroatoms. The molecule has 3 aromatic carbocycles. The van der Waals surface area contributed by atoms with Gasteiger partial charge in [0.05, 0.1) is 17.7 Å². The van der Waals surface area contributed by atoms with Crippen molar-refractivity contribution in [1.29, 1.82) is 0 Å². The van der Waals surface area contributed by atoms with Crippen LogP contribution in [0, 0.1) is 6.92 Å². The lowest BCUT2D eigenvalue weighted by molar-refractivity contribution is -0.115. The van der Waals surface area contributed by atoms with Gasteiger partial charge >= 0.3 is 0 Å². The van der Waals surface area contributed by atoms with Crippen LogP contribution in [-0.4, -0.2) is 22.8 Å². The first-order valence-corrected chi connectivity index (χ1v) is 11.0. The predicted molar refractivity (Wildman–Crippen MR) is 133 cm³/mol. The van der Waals surface area contributed by atoms with Crippen molar-refractivity contribution in [1.82, 2.24) is 0 Å². The van der Waals surface area contributed by atoms with Gasteiger partial charge in [-0.3, -0.25) is 4.79 Å². The van der Waals surface area contributed by atoms with Gasteiger partial charge in [0.2, 0.25) is 0 Å². The van der Waals surface area contributed by atoms with Crippen LogP contribution in [0.5, 0.6) is 0 Å². The van der Waals surface area contributed by atoms with E-state index in [1.54, 1.807) is 12.1 Å². The molecule has 0 amide bonds. The maximum absolute atomic E-state index is 14.1. The number of aliphatic hydroxyl groups is 1. The Morgan fingerprint density at radius 1 is 0.824 bits per heavy atom. The Morgan fingerprint density at radius 2 is 1.41 bits per heavy atom. The standard InChI is InChI=1S/C29H22N2O3/c1-19-16-17-22(34-19)18-30-31-27-23-14-8-9-15-24(23)28(32)26(27)29(33)25(20-10-4-2-5-11-20)21-12-6-3-7-13-21/h2-18,25,32H,1H3/b30-18?,31-27+. The van der Waals surface area contributed by atoms with Crippen molar-refractivity contribution in [2.24, 2.45) is 10.2 Å². The maximum atomic E-state index is 14.1. The Kier molecular flexibility index (Phi) is 5.75. The molecule has 5 nitrogen and oxygen atoms in total. The zero-order chi connectivity index (χ0) is 23.5. The van der Waals surface area contributed by atoms with Crippen molar-refractivity contribution in [3.8, 4) is 0 Å². The second-order valence-electron chi connectivity index (χ2n) is 8.03. The van der Waals surface area contributed by atoms with Crippen LogP contribution in [0.4, 0.5) is 0 Å². The predicted octanol–water partition coefficient (Wildman–Crippen LogP) is 6.10. The number of aryl methyl sites for hydroxylation is 1. The minimum atomic E-state index is -0.601. The Bertz CT molecular complexity index is 1390. The lowest BCUT2D eigenvalue weighted by Crippen LogP contribution is -2.21. The first kappa shape index (κ1) is 21.3. The molecule has 0 atom stereocenters. The van der Waals surface area contributed by atoms with Crippen LogP contribution in [0.1, 0.15) is 39.7 Å². The molecule has 1 heterocycles. The Morgan fingerprint density at radius 3 is 2.00 bits per heavy atom. The molecule has 5 rings (SSSR count). The highest BCUT2D eigenvalue weighted by molar-refractivity contribution is 6.37. The summed E-state index contributed by atoms with van der Waals surface area (Å²) in [6.45, 7) is 1.85. The number of benzene rings is 3. The average molecular weight is 447 g/mol. The number of allylic oxidation sites excluding steroid dienone is 1. The topological polar surface area (TPSA) is 75.2 Å². The van der Waals surface area contributed by atoms with Crippen LogP contribution in [0.2, 0.25) is 0 Å². The molecule has 0 radical (unpaired) electrons. The molecule has 34 heavy (non-hydrogen) atoms. The van der Waals surface area contributed by atoms with Gasteiger partial charge in [0.1, 0.15) is 23.0 Å². The first-order valence-electron chi connectivity index (χ1n) is 11.0. The Labute approximate surface area is 197 Å². The molecular formula is C29H22N2O3. The number of ketones is 1. The SMILES string of the molecule is Cc1ccc(C=N/N=C2/C(C(=O)C(c3ccccc3)c3ccccc3)=C(O)c3ccccc32)o1. The highest BCUT2D eigenvalue weighted by Gasteiger charge is 2.37. The summed E-state index contributed by atoms with van der Waals surface area (Å²) >= 11 is 0. The number of carbonyl (C=O) groups excluding carboxylic acids is 1. The van der Waals surface area contributed by atoms with E-state index in [0.29, 0.717) is 22.6 Å². The number of rotatable bonds is 6. The number of furan rings is 1. The molecule has 0 unspecified atom stereocenters. The zero-order valence-electron chi connectivity index (χ0n) is 18.6. The number of hydrogen-bond acceptors (Lipinski definition) is 5. The van der Waals surface area contributed by atoms with E-state index in [0.717, 1.165) is 16.9 Å². The van der Waals surface area contributed by atoms with Gasteiger partial charge < -0.3 is 9.52 Å². The van der Waals surface area contributed by atoms with Crippen molar-refractivity contribution in [3.05, 3.63) is 136 Å². The number of carbonyl (C=O) groups is 1. The molecule has 0 spiro atoms. The summed E-state index contributed by atoms with van der Waals surface area (Å²) in [6.07, 6.45) is 1.49. The second-order valence-corrected chi connectivity index (χ2v) is 8.03. The third-order valence-electron chi connectivity index (χ3n) is 5.79. The minimum absolute atomic E-state index is 0.0831. The highest BCUT2D eigenvalue weighted by atomic mass is 16.3. The van der Waals surface area contributed by atoms with Crippen LogP contribution in [0.25, 0.3) is 5.76 Å². The van der Waals surface area contributed by atoms with Gasteiger partial charge in [0, 0.05) is 11.1 Å². The van der Waals surface area contributed by atoms with Gasteiger partial charge in [0.15, 0.2) is 5.78 Å². The molecule has 1 N–H and O–H groups in total.